The molecular weight excluding hydrogens is 440 g/mol. The van der Waals surface area contributed by atoms with Crippen LogP contribution in [0.3, 0.4) is 0 Å². The molecule has 1 atom stereocenters. The molecular formula is C25H34N2O5S. The Morgan fingerprint density at radius 1 is 1.09 bits per heavy atom. The summed E-state index contributed by atoms with van der Waals surface area (Å²) >= 11 is 0. The molecule has 1 aliphatic rings. The fourth-order valence-corrected chi connectivity index (χ4v) is 5.96. The summed E-state index contributed by atoms with van der Waals surface area (Å²) in [5, 5.41) is 2.94. The van der Waals surface area contributed by atoms with Crippen molar-refractivity contribution in [2.45, 2.75) is 62.9 Å². The molecule has 0 aliphatic heterocycles. The maximum Gasteiger partial charge on any atom is 0.243 e. The van der Waals surface area contributed by atoms with E-state index in [-0.39, 0.29) is 29.4 Å². The summed E-state index contributed by atoms with van der Waals surface area (Å²) in [6, 6.07) is 13.4. The van der Waals surface area contributed by atoms with Crippen LogP contribution in [0.2, 0.25) is 0 Å². The lowest BCUT2D eigenvalue weighted by Crippen LogP contribution is -2.47. The zero-order valence-corrected chi connectivity index (χ0v) is 20.4. The number of methoxy groups -OCH3 is 1. The monoisotopic (exact) mass is 474 g/mol. The lowest BCUT2D eigenvalue weighted by Gasteiger charge is -2.33. The van der Waals surface area contributed by atoms with E-state index < -0.39 is 10.0 Å². The number of carbonyl (C=O) groups is 1. The van der Waals surface area contributed by atoms with Crippen LogP contribution in [0.25, 0.3) is 0 Å². The smallest absolute Gasteiger partial charge is 0.243 e. The van der Waals surface area contributed by atoms with Gasteiger partial charge in [0.25, 0.3) is 0 Å². The maximum absolute atomic E-state index is 13.6. The molecule has 3 rings (SSSR count). The highest BCUT2D eigenvalue weighted by Gasteiger charge is 2.34. The normalized spacial score (nSPS) is 15.8. The number of carbonyl (C=O) groups excluding carboxylic acids is 1. The first kappa shape index (κ1) is 25.1. The Kier molecular flexibility index (Phi) is 8.74. The molecule has 1 saturated carbocycles. The minimum atomic E-state index is -3.85. The van der Waals surface area contributed by atoms with E-state index in [1.54, 1.807) is 31.4 Å². The van der Waals surface area contributed by atoms with Crippen molar-refractivity contribution in [1.82, 2.24) is 9.62 Å². The minimum absolute atomic E-state index is 0.169. The lowest BCUT2D eigenvalue weighted by atomic mass is 9.95. The van der Waals surface area contributed by atoms with E-state index in [1.165, 1.54) is 4.31 Å². The Morgan fingerprint density at radius 2 is 1.76 bits per heavy atom. The molecule has 2 aromatic carbocycles. The van der Waals surface area contributed by atoms with Crippen molar-refractivity contribution in [3.05, 3.63) is 54.1 Å². The van der Waals surface area contributed by atoms with Crippen LogP contribution in [-0.4, -0.2) is 44.9 Å². The van der Waals surface area contributed by atoms with E-state index in [2.05, 4.69) is 5.32 Å². The number of sulfonamides is 1. The molecule has 0 radical (unpaired) electrons. The second-order valence-corrected chi connectivity index (χ2v) is 10.2. The molecule has 2 aromatic rings. The fraction of sp³-hybridized carbons (Fsp3) is 0.480. The molecule has 1 N–H and O–H groups in total. The van der Waals surface area contributed by atoms with Crippen molar-refractivity contribution in [3.63, 3.8) is 0 Å². The third-order valence-corrected chi connectivity index (χ3v) is 7.92. The van der Waals surface area contributed by atoms with E-state index in [4.69, 9.17) is 9.47 Å². The van der Waals surface area contributed by atoms with Gasteiger partial charge in [-0.1, -0.05) is 37.5 Å². The fourth-order valence-electron chi connectivity index (χ4n) is 4.32. The van der Waals surface area contributed by atoms with Gasteiger partial charge in [0.05, 0.1) is 31.2 Å². The van der Waals surface area contributed by atoms with Crippen LogP contribution in [-0.2, 0) is 14.8 Å². The van der Waals surface area contributed by atoms with Gasteiger partial charge in [-0.2, -0.15) is 4.31 Å². The third-order valence-electron chi connectivity index (χ3n) is 6.01. The number of rotatable bonds is 10. The maximum atomic E-state index is 13.6. The Balaban J connectivity index is 1.81. The average Bonchev–Trinajstić information content (AvgIpc) is 2.83. The summed E-state index contributed by atoms with van der Waals surface area (Å²) in [7, 11) is -2.26. The summed E-state index contributed by atoms with van der Waals surface area (Å²) in [6.45, 7) is 4.02. The number of benzene rings is 2. The predicted molar refractivity (Wildman–Crippen MR) is 128 cm³/mol. The molecule has 0 aromatic heterocycles. The van der Waals surface area contributed by atoms with Gasteiger partial charge >= 0.3 is 0 Å². The highest BCUT2D eigenvalue weighted by molar-refractivity contribution is 7.89. The first-order chi connectivity index (χ1) is 15.9. The Morgan fingerprint density at radius 3 is 2.39 bits per heavy atom. The quantitative estimate of drug-likeness (QED) is 0.555. The highest BCUT2D eigenvalue weighted by Crippen LogP contribution is 2.29. The Bertz CT molecular complexity index is 1020. The van der Waals surface area contributed by atoms with Gasteiger partial charge in [-0.05, 0) is 57.0 Å². The molecule has 7 nitrogen and oxygen atoms in total. The van der Waals surface area contributed by atoms with Crippen LogP contribution in [0.5, 0.6) is 11.5 Å². The number of hydrogen-bond donors (Lipinski definition) is 1. The molecule has 1 fully saturated rings. The van der Waals surface area contributed by atoms with Crippen LogP contribution in [0.15, 0.2) is 53.4 Å². The molecule has 0 saturated heterocycles. The van der Waals surface area contributed by atoms with Crippen molar-refractivity contribution in [2.75, 3.05) is 20.3 Å². The van der Waals surface area contributed by atoms with Gasteiger partial charge in [0, 0.05) is 11.6 Å². The summed E-state index contributed by atoms with van der Waals surface area (Å²) in [5.74, 6) is 0.953. The third kappa shape index (κ3) is 6.26. The van der Waals surface area contributed by atoms with Crippen LogP contribution >= 0.6 is 0 Å². The Labute approximate surface area is 197 Å². The molecule has 0 spiro atoms. The molecule has 0 unspecified atom stereocenters. The Hall–Kier alpha value is -2.58. The molecule has 8 heteroatoms. The van der Waals surface area contributed by atoms with Crippen LogP contribution in [0, 0.1) is 0 Å². The van der Waals surface area contributed by atoms with Gasteiger partial charge in [-0.15, -0.1) is 0 Å². The van der Waals surface area contributed by atoms with Gasteiger partial charge in [0.15, 0.2) is 0 Å². The summed E-state index contributed by atoms with van der Waals surface area (Å²) in [5.41, 5.74) is 0.840. The number of amides is 1. The number of nitrogens with one attached hydrogen (secondary N) is 1. The van der Waals surface area contributed by atoms with Gasteiger partial charge in [0.1, 0.15) is 11.5 Å². The minimum Gasteiger partial charge on any atom is -0.496 e. The number of para-hydroxylation sites is 1. The van der Waals surface area contributed by atoms with Gasteiger partial charge in [-0.25, -0.2) is 8.42 Å². The first-order valence-corrected chi connectivity index (χ1v) is 13.0. The zero-order valence-electron chi connectivity index (χ0n) is 19.6. The van der Waals surface area contributed by atoms with E-state index in [9.17, 15) is 13.2 Å². The van der Waals surface area contributed by atoms with Crippen LogP contribution < -0.4 is 14.8 Å². The molecule has 33 heavy (non-hydrogen) atoms. The summed E-state index contributed by atoms with van der Waals surface area (Å²) in [4.78, 5) is 13.2. The van der Waals surface area contributed by atoms with Crippen molar-refractivity contribution in [2.24, 2.45) is 0 Å². The van der Waals surface area contributed by atoms with Crippen molar-refractivity contribution in [3.8, 4) is 11.5 Å². The van der Waals surface area contributed by atoms with E-state index in [1.807, 2.05) is 38.1 Å². The summed E-state index contributed by atoms with van der Waals surface area (Å²) < 4.78 is 39.4. The topological polar surface area (TPSA) is 84.9 Å². The van der Waals surface area contributed by atoms with Gasteiger partial charge in [-0.3, -0.25) is 4.79 Å². The predicted octanol–water partition coefficient (Wildman–Crippen LogP) is 4.29. The van der Waals surface area contributed by atoms with Gasteiger partial charge < -0.3 is 14.8 Å². The second-order valence-electron chi connectivity index (χ2n) is 8.28. The number of ether oxygens (including phenoxy) is 2. The van der Waals surface area contributed by atoms with Gasteiger partial charge in [0.2, 0.25) is 15.9 Å². The van der Waals surface area contributed by atoms with E-state index in [0.717, 1.165) is 37.7 Å². The molecule has 0 bridgehead atoms. The highest BCUT2D eigenvalue weighted by atomic mass is 32.2. The molecule has 1 amide bonds. The summed E-state index contributed by atoms with van der Waals surface area (Å²) in [6.07, 6.45) is 4.51. The lowest BCUT2D eigenvalue weighted by molar-refractivity contribution is -0.122. The van der Waals surface area contributed by atoms with E-state index in [0.29, 0.717) is 18.1 Å². The number of hydrogen-bond acceptors (Lipinski definition) is 5. The molecule has 180 valence electrons. The van der Waals surface area contributed by atoms with Crippen molar-refractivity contribution < 1.29 is 22.7 Å². The second kappa shape index (κ2) is 11.5. The number of nitrogens with zero attached hydrogens (tertiary/aromatic N) is 1. The first-order valence-electron chi connectivity index (χ1n) is 11.5. The SMILES string of the molecule is CCOc1ccc(S(=O)(=O)N(CC(=O)N[C@H](C)c2ccccc2OC)C2CCCCC2)cc1. The van der Waals surface area contributed by atoms with Crippen molar-refractivity contribution >= 4 is 15.9 Å². The zero-order chi connectivity index (χ0) is 23.8. The van der Waals surface area contributed by atoms with E-state index >= 15 is 0 Å². The molecule has 1 aliphatic carbocycles. The average molecular weight is 475 g/mol. The van der Waals surface area contributed by atoms with Crippen molar-refractivity contribution in [1.29, 1.82) is 0 Å². The van der Waals surface area contributed by atoms with Crippen LogP contribution in [0.4, 0.5) is 0 Å². The standard InChI is InChI=1S/C25H34N2O5S/c1-4-32-21-14-16-22(17-15-21)33(29,30)27(20-10-6-5-7-11-20)18-25(28)26-19(2)23-12-8-9-13-24(23)31-3/h8-9,12-17,19-20H,4-7,10-11,18H2,1-3H3,(H,26,28)/t19-/m1/s1. The van der Waals surface area contributed by atoms with Crippen LogP contribution in [0.1, 0.15) is 57.6 Å². The molecule has 0 heterocycles. The largest absolute Gasteiger partial charge is 0.496 e.